The van der Waals surface area contributed by atoms with Crippen LogP contribution in [0.5, 0.6) is 0 Å². The average molecular weight is 231 g/mol. The highest BCUT2D eigenvalue weighted by Crippen LogP contribution is 2.32. The predicted octanol–water partition coefficient (Wildman–Crippen LogP) is 1.34. The van der Waals surface area contributed by atoms with E-state index in [0.29, 0.717) is 11.7 Å². The summed E-state index contributed by atoms with van der Waals surface area (Å²) in [5.74, 6) is 1.01. The molecular weight excluding hydrogens is 210 g/mol. The minimum atomic E-state index is -2.83. The molecule has 1 aliphatic heterocycles. The van der Waals surface area contributed by atoms with Crippen LogP contribution in [0.2, 0.25) is 0 Å². The lowest BCUT2D eigenvalue weighted by Gasteiger charge is -2.34. The van der Waals surface area contributed by atoms with Crippen molar-refractivity contribution in [1.29, 1.82) is 0 Å². The number of fused-ring (bicyclic) bond motifs is 1. The lowest BCUT2D eigenvalue weighted by molar-refractivity contribution is 0.292. The first kappa shape index (κ1) is 11.4. The van der Waals surface area contributed by atoms with Crippen LogP contribution in [-0.2, 0) is 9.84 Å². The summed E-state index contributed by atoms with van der Waals surface area (Å²) in [7, 11) is -2.83. The number of rotatable bonds is 1. The second-order valence-electron chi connectivity index (χ2n) is 4.91. The normalized spacial score (nSPS) is 40.5. The lowest BCUT2D eigenvalue weighted by atomic mass is 9.84. The van der Waals surface area contributed by atoms with Crippen molar-refractivity contribution in [3.63, 3.8) is 0 Å². The lowest BCUT2D eigenvalue weighted by Crippen LogP contribution is -2.46. The molecule has 3 nitrogen and oxygen atoms in total. The van der Waals surface area contributed by atoms with Gasteiger partial charge in [-0.3, -0.25) is 0 Å². The highest BCUT2D eigenvalue weighted by molar-refractivity contribution is 7.92. The van der Waals surface area contributed by atoms with Crippen LogP contribution in [0, 0.1) is 5.92 Å². The zero-order chi connectivity index (χ0) is 10.9. The van der Waals surface area contributed by atoms with E-state index in [4.69, 9.17) is 0 Å². The molecule has 2 aliphatic rings. The van der Waals surface area contributed by atoms with Gasteiger partial charge >= 0.3 is 0 Å². The molecule has 1 saturated heterocycles. The standard InChI is InChI=1S/C11H21NO2S/c1-2-9-4-5-10-11(8-9)15(13,14)7-3-6-12-10/h9-12H,2-8H2,1H3. The van der Waals surface area contributed by atoms with E-state index in [1.807, 2.05) is 0 Å². The molecule has 0 aromatic carbocycles. The third-order valence-electron chi connectivity index (χ3n) is 3.95. The van der Waals surface area contributed by atoms with Crippen molar-refractivity contribution in [2.24, 2.45) is 5.92 Å². The fraction of sp³-hybridized carbons (Fsp3) is 1.00. The highest BCUT2D eigenvalue weighted by atomic mass is 32.2. The first-order valence-corrected chi connectivity index (χ1v) is 7.80. The van der Waals surface area contributed by atoms with Crippen molar-refractivity contribution < 1.29 is 8.42 Å². The van der Waals surface area contributed by atoms with Crippen molar-refractivity contribution in [2.45, 2.75) is 50.3 Å². The van der Waals surface area contributed by atoms with E-state index in [1.165, 1.54) is 6.42 Å². The summed E-state index contributed by atoms with van der Waals surface area (Å²) in [5, 5.41) is 3.31. The molecule has 4 heteroatoms. The molecule has 3 unspecified atom stereocenters. The van der Waals surface area contributed by atoms with Crippen LogP contribution in [0.4, 0.5) is 0 Å². The summed E-state index contributed by atoms with van der Waals surface area (Å²) >= 11 is 0. The van der Waals surface area contributed by atoms with Crippen LogP contribution in [0.15, 0.2) is 0 Å². The van der Waals surface area contributed by atoms with Gasteiger partial charge in [0.2, 0.25) is 0 Å². The molecule has 0 aromatic rings. The van der Waals surface area contributed by atoms with Crippen LogP contribution in [0.3, 0.4) is 0 Å². The van der Waals surface area contributed by atoms with Crippen LogP contribution in [-0.4, -0.2) is 32.0 Å². The molecular formula is C11H21NO2S. The van der Waals surface area contributed by atoms with Gasteiger partial charge in [0.25, 0.3) is 0 Å². The maximum atomic E-state index is 12.1. The third-order valence-corrected chi connectivity index (χ3v) is 6.25. The largest absolute Gasteiger partial charge is 0.313 e. The molecule has 0 bridgehead atoms. The van der Waals surface area contributed by atoms with Crippen LogP contribution in [0.25, 0.3) is 0 Å². The number of nitrogens with one attached hydrogen (secondary N) is 1. The molecule has 0 radical (unpaired) electrons. The Morgan fingerprint density at radius 3 is 2.87 bits per heavy atom. The fourth-order valence-electron chi connectivity index (χ4n) is 2.93. The summed E-state index contributed by atoms with van der Waals surface area (Å²) in [6.45, 7) is 3.04. The smallest absolute Gasteiger partial charge is 0.154 e. The first-order valence-electron chi connectivity index (χ1n) is 6.08. The molecule has 0 spiro atoms. The van der Waals surface area contributed by atoms with Crippen LogP contribution in [0.1, 0.15) is 39.0 Å². The second kappa shape index (κ2) is 4.42. The van der Waals surface area contributed by atoms with E-state index in [2.05, 4.69) is 12.2 Å². The summed E-state index contributed by atoms with van der Waals surface area (Å²) < 4.78 is 24.1. The van der Waals surface area contributed by atoms with Gasteiger partial charge in [-0.15, -0.1) is 0 Å². The van der Waals surface area contributed by atoms with Gasteiger partial charge in [-0.1, -0.05) is 13.3 Å². The van der Waals surface area contributed by atoms with Gasteiger partial charge in [0.15, 0.2) is 9.84 Å². The Balaban J connectivity index is 2.17. The highest BCUT2D eigenvalue weighted by Gasteiger charge is 2.39. The Kier molecular flexibility index (Phi) is 3.36. The fourth-order valence-corrected chi connectivity index (χ4v) is 5.07. The zero-order valence-corrected chi connectivity index (χ0v) is 10.2. The van der Waals surface area contributed by atoms with Gasteiger partial charge in [-0.05, 0) is 38.1 Å². The Labute approximate surface area is 92.6 Å². The maximum absolute atomic E-state index is 12.1. The first-order chi connectivity index (χ1) is 7.13. The van der Waals surface area contributed by atoms with Gasteiger partial charge in [-0.2, -0.15) is 0 Å². The van der Waals surface area contributed by atoms with E-state index in [0.717, 1.165) is 32.2 Å². The summed E-state index contributed by atoms with van der Waals surface area (Å²) in [4.78, 5) is 0. The number of sulfone groups is 1. The van der Waals surface area contributed by atoms with Gasteiger partial charge in [0.1, 0.15) is 0 Å². The quantitative estimate of drug-likeness (QED) is 0.741. The minimum Gasteiger partial charge on any atom is -0.313 e. The molecule has 0 amide bonds. The van der Waals surface area contributed by atoms with Crippen molar-refractivity contribution in [3.05, 3.63) is 0 Å². The Hall–Kier alpha value is -0.0900. The van der Waals surface area contributed by atoms with Crippen molar-refractivity contribution in [2.75, 3.05) is 12.3 Å². The Bertz CT molecular complexity index is 313. The van der Waals surface area contributed by atoms with Crippen molar-refractivity contribution in [3.8, 4) is 0 Å². The molecule has 88 valence electrons. The number of hydrogen-bond acceptors (Lipinski definition) is 3. The Morgan fingerprint density at radius 1 is 1.33 bits per heavy atom. The number of hydrogen-bond donors (Lipinski definition) is 1. The van der Waals surface area contributed by atoms with E-state index in [1.54, 1.807) is 0 Å². The predicted molar refractivity (Wildman–Crippen MR) is 61.6 cm³/mol. The molecule has 1 N–H and O–H groups in total. The van der Waals surface area contributed by atoms with E-state index in [-0.39, 0.29) is 11.3 Å². The molecule has 0 aromatic heterocycles. The van der Waals surface area contributed by atoms with Crippen LogP contribution >= 0.6 is 0 Å². The van der Waals surface area contributed by atoms with Gasteiger partial charge in [0, 0.05) is 6.04 Å². The second-order valence-corrected chi connectivity index (χ2v) is 7.25. The molecule has 15 heavy (non-hydrogen) atoms. The SMILES string of the molecule is CCC1CCC2NCCCS(=O)(=O)C2C1. The molecule has 1 heterocycles. The average Bonchev–Trinajstić information content (AvgIpc) is 2.37. The van der Waals surface area contributed by atoms with Crippen molar-refractivity contribution in [1.82, 2.24) is 5.32 Å². The maximum Gasteiger partial charge on any atom is 0.154 e. The monoisotopic (exact) mass is 231 g/mol. The van der Waals surface area contributed by atoms with Crippen LogP contribution < -0.4 is 5.32 Å². The molecule has 2 rings (SSSR count). The Morgan fingerprint density at radius 2 is 2.13 bits per heavy atom. The van der Waals surface area contributed by atoms with E-state index < -0.39 is 9.84 Å². The molecule has 1 saturated carbocycles. The molecule has 1 aliphatic carbocycles. The van der Waals surface area contributed by atoms with Gasteiger partial charge < -0.3 is 5.32 Å². The van der Waals surface area contributed by atoms with E-state index in [9.17, 15) is 8.42 Å². The van der Waals surface area contributed by atoms with E-state index >= 15 is 0 Å². The summed E-state index contributed by atoms with van der Waals surface area (Å²) in [5.41, 5.74) is 0. The summed E-state index contributed by atoms with van der Waals surface area (Å²) in [6.07, 6.45) is 5.03. The zero-order valence-electron chi connectivity index (χ0n) is 9.41. The summed E-state index contributed by atoms with van der Waals surface area (Å²) in [6, 6.07) is 0.236. The molecule has 2 fully saturated rings. The van der Waals surface area contributed by atoms with Crippen molar-refractivity contribution >= 4 is 9.84 Å². The topological polar surface area (TPSA) is 46.2 Å². The van der Waals surface area contributed by atoms with Gasteiger partial charge in [-0.25, -0.2) is 8.42 Å². The minimum absolute atomic E-state index is 0.0984. The van der Waals surface area contributed by atoms with Gasteiger partial charge in [0.05, 0.1) is 11.0 Å². The third kappa shape index (κ3) is 2.36. The molecule has 3 atom stereocenters.